The zero-order chi connectivity index (χ0) is 19.4. The van der Waals surface area contributed by atoms with Crippen molar-refractivity contribution in [1.82, 2.24) is 15.0 Å². The minimum atomic E-state index is -4.37. The first-order valence-electron chi connectivity index (χ1n) is 8.11. The minimum Gasteiger partial charge on any atom is -0.481 e. The minimum absolute atomic E-state index is 0.210. The lowest BCUT2D eigenvalue weighted by molar-refractivity contribution is -0.137. The summed E-state index contributed by atoms with van der Waals surface area (Å²) in [5.41, 5.74) is 1.33. The second-order valence-corrected chi connectivity index (χ2v) is 5.87. The van der Waals surface area contributed by atoms with E-state index >= 15 is 0 Å². The van der Waals surface area contributed by atoms with Crippen molar-refractivity contribution in [3.63, 3.8) is 0 Å². The Labute approximate surface area is 154 Å². The fourth-order valence-electron chi connectivity index (χ4n) is 2.44. The molecule has 3 rings (SSSR count). The molecule has 1 N–H and O–H groups in total. The molecule has 5 nitrogen and oxygen atoms in total. The molecule has 0 bridgehead atoms. The number of benzene rings is 1. The van der Waals surface area contributed by atoms with Crippen LogP contribution in [0.2, 0.25) is 0 Å². The van der Waals surface area contributed by atoms with Crippen LogP contribution in [0.1, 0.15) is 16.7 Å². The summed E-state index contributed by atoms with van der Waals surface area (Å²) >= 11 is 0. The molecule has 0 aliphatic carbocycles. The first kappa shape index (κ1) is 18.6. The maximum Gasteiger partial charge on any atom is 0.416 e. The highest BCUT2D eigenvalue weighted by atomic mass is 19.4. The van der Waals surface area contributed by atoms with Crippen LogP contribution in [-0.4, -0.2) is 22.1 Å². The summed E-state index contributed by atoms with van der Waals surface area (Å²) in [5, 5.41) is 3.08. The predicted octanol–water partition coefficient (Wildman–Crippen LogP) is 4.49. The zero-order valence-electron chi connectivity index (χ0n) is 14.7. The molecule has 0 unspecified atom stereocenters. The number of aromatic nitrogens is 3. The molecule has 0 radical (unpaired) electrons. The maximum absolute atomic E-state index is 12.8. The van der Waals surface area contributed by atoms with Gasteiger partial charge >= 0.3 is 6.18 Å². The van der Waals surface area contributed by atoms with Crippen molar-refractivity contribution in [1.29, 1.82) is 0 Å². The molecular formula is C19H17F3N4O. The number of hydrogen-bond acceptors (Lipinski definition) is 5. The molecule has 0 aliphatic rings. The third-order valence-corrected chi connectivity index (χ3v) is 3.89. The van der Waals surface area contributed by atoms with Gasteiger partial charge in [0, 0.05) is 36.1 Å². The van der Waals surface area contributed by atoms with Crippen LogP contribution < -0.4 is 10.1 Å². The summed E-state index contributed by atoms with van der Waals surface area (Å²) in [4.78, 5) is 12.9. The number of aryl methyl sites for hydroxylation is 1. The Kier molecular flexibility index (Phi) is 5.25. The van der Waals surface area contributed by atoms with Crippen LogP contribution in [0.5, 0.6) is 5.88 Å². The molecule has 8 heteroatoms. The predicted molar refractivity (Wildman–Crippen MR) is 95.3 cm³/mol. The van der Waals surface area contributed by atoms with Crippen LogP contribution in [0.25, 0.3) is 11.4 Å². The number of nitrogens with zero attached hydrogens (tertiary/aromatic N) is 3. The maximum atomic E-state index is 12.8. The summed E-state index contributed by atoms with van der Waals surface area (Å²) in [6.07, 6.45) is -1.11. The van der Waals surface area contributed by atoms with Gasteiger partial charge in [-0.15, -0.1) is 0 Å². The van der Waals surface area contributed by atoms with Crippen molar-refractivity contribution in [3.05, 3.63) is 65.5 Å². The van der Waals surface area contributed by atoms with E-state index in [0.717, 1.165) is 17.7 Å². The molecule has 140 valence electrons. The molecule has 0 fully saturated rings. The smallest absolute Gasteiger partial charge is 0.416 e. The van der Waals surface area contributed by atoms with E-state index in [1.54, 1.807) is 30.6 Å². The monoisotopic (exact) mass is 374 g/mol. The van der Waals surface area contributed by atoms with Gasteiger partial charge in [0.05, 0.1) is 12.7 Å². The SMILES string of the molecule is COc1ccc(-c2ncc(C)c(NCc3cccc(C(F)(F)F)c3)n2)cn1. The summed E-state index contributed by atoms with van der Waals surface area (Å²) in [5.74, 6) is 1.49. The second kappa shape index (κ2) is 7.61. The number of ether oxygens (including phenoxy) is 1. The van der Waals surface area contributed by atoms with Crippen molar-refractivity contribution < 1.29 is 17.9 Å². The van der Waals surface area contributed by atoms with Gasteiger partial charge in [-0.2, -0.15) is 13.2 Å². The molecule has 0 saturated heterocycles. The first-order valence-corrected chi connectivity index (χ1v) is 8.11. The second-order valence-electron chi connectivity index (χ2n) is 5.87. The average Bonchev–Trinajstić information content (AvgIpc) is 2.67. The highest BCUT2D eigenvalue weighted by molar-refractivity contribution is 5.57. The Hall–Kier alpha value is -3.16. The number of pyridine rings is 1. The molecule has 0 atom stereocenters. The molecule has 0 spiro atoms. The van der Waals surface area contributed by atoms with Crippen LogP contribution in [-0.2, 0) is 12.7 Å². The Morgan fingerprint density at radius 1 is 1.07 bits per heavy atom. The Morgan fingerprint density at radius 3 is 2.56 bits per heavy atom. The largest absolute Gasteiger partial charge is 0.481 e. The van der Waals surface area contributed by atoms with Gasteiger partial charge in [0.15, 0.2) is 5.82 Å². The third kappa shape index (κ3) is 4.52. The standard InChI is InChI=1S/C19H17F3N4O/c1-12-9-24-18(14-6-7-16(27-2)23-11-14)26-17(12)25-10-13-4-3-5-15(8-13)19(20,21)22/h3-9,11H,10H2,1-2H3,(H,24,25,26). The first-order chi connectivity index (χ1) is 12.9. The van der Waals surface area contributed by atoms with E-state index in [1.165, 1.54) is 13.2 Å². The van der Waals surface area contributed by atoms with Crippen molar-refractivity contribution in [2.75, 3.05) is 12.4 Å². The van der Waals surface area contributed by atoms with E-state index in [9.17, 15) is 13.2 Å². The Morgan fingerprint density at radius 2 is 1.89 bits per heavy atom. The number of alkyl halides is 3. The molecular weight excluding hydrogens is 357 g/mol. The fraction of sp³-hybridized carbons (Fsp3) is 0.211. The van der Waals surface area contributed by atoms with Crippen molar-refractivity contribution in [3.8, 4) is 17.3 Å². The van der Waals surface area contributed by atoms with Gasteiger partial charge in [-0.25, -0.2) is 15.0 Å². The summed E-state index contributed by atoms with van der Waals surface area (Å²) < 4.78 is 43.5. The zero-order valence-corrected chi connectivity index (χ0v) is 14.7. The van der Waals surface area contributed by atoms with E-state index < -0.39 is 11.7 Å². The highest BCUT2D eigenvalue weighted by Crippen LogP contribution is 2.29. The van der Waals surface area contributed by atoms with Crippen LogP contribution in [0.4, 0.5) is 19.0 Å². The van der Waals surface area contributed by atoms with Crippen LogP contribution in [0.15, 0.2) is 48.8 Å². The lowest BCUT2D eigenvalue weighted by atomic mass is 10.1. The summed E-state index contributed by atoms with van der Waals surface area (Å²) in [7, 11) is 1.53. The van der Waals surface area contributed by atoms with Gasteiger partial charge in [-0.1, -0.05) is 12.1 Å². The van der Waals surface area contributed by atoms with E-state index in [-0.39, 0.29) is 6.54 Å². The van der Waals surface area contributed by atoms with E-state index in [0.29, 0.717) is 28.6 Å². The summed E-state index contributed by atoms with van der Waals surface area (Å²) in [6, 6.07) is 8.68. The van der Waals surface area contributed by atoms with Gasteiger partial charge in [0.1, 0.15) is 5.82 Å². The molecule has 2 heterocycles. The molecule has 1 aromatic carbocycles. The summed E-state index contributed by atoms with van der Waals surface area (Å²) in [6.45, 7) is 2.03. The average molecular weight is 374 g/mol. The number of rotatable bonds is 5. The van der Waals surface area contributed by atoms with E-state index in [2.05, 4.69) is 20.3 Å². The number of nitrogens with one attached hydrogen (secondary N) is 1. The molecule has 27 heavy (non-hydrogen) atoms. The van der Waals surface area contributed by atoms with Crippen LogP contribution in [0.3, 0.4) is 0 Å². The van der Waals surface area contributed by atoms with Crippen molar-refractivity contribution >= 4 is 5.82 Å². The van der Waals surface area contributed by atoms with E-state index in [1.807, 2.05) is 6.92 Å². The topological polar surface area (TPSA) is 59.9 Å². The Bertz CT molecular complexity index is 927. The lowest BCUT2D eigenvalue weighted by Crippen LogP contribution is -2.08. The highest BCUT2D eigenvalue weighted by Gasteiger charge is 2.30. The van der Waals surface area contributed by atoms with Crippen LogP contribution in [0, 0.1) is 6.92 Å². The quantitative estimate of drug-likeness (QED) is 0.713. The van der Waals surface area contributed by atoms with E-state index in [4.69, 9.17) is 4.74 Å². The van der Waals surface area contributed by atoms with Gasteiger partial charge in [0.2, 0.25) is 5.88 Å². The molecule has 2 aromatic heterocycles. The number of anilines is 1. The number of methoxy groups -OCH3 is 1. The van der Waals surface area contributed by atoms with Crippen molar-refractivity contribution in [2.45, 2.75) is 19.6 Å². The Balaban J connectivity index is 1.79. The molecule has 0 saturated carbocycles. The molecule has 3 aromatic rings. The molecule has 0 amide bonds. The lowest BCUT2D eigenvalue weighted by Gasteiger charge is -2.12. The van der Waals surface area contributed by atoms with Crippen molar-refractivity contribution in [2.24, 2.45) is 0 Å². The normalized spacial score (nSPS) is 11.3. The van der Waals surface area contributed by atoms with Gasteiger partial charge in [-0.3, -0.25) is 0 Å². The number of hydrogen-bond donors (Lipinski definition) is 1. The van der Waals surface area contributed by atoms with Gasteiger partial charge in [-0.05, 0) is 30.7 Å². The third-order valence-electron chi connectivity index (χ3n) is 3.89. The fourth-order valence-corrected chi connectivity index (χ4v) is 2.44. The van der Waals surface area contributed by atoms with Crippen LogP contribution >= 0.6 is 0 Å². The molecule has 0 aliphatic heterocycles. The van der Waals surface area contributed by atoms with Gasteiger partial charge < -0.3 is 10.1 Å². The van der Waals surface area contributed by atoms with Gasteiger partial charge in [0.25, 0.3) is 0 Å². The number of halogens is 3.